The van der Waals surface area contributed by atoms with Crippen molar-refractivity contribution in [1.82, 2.24) is 4.72 Å². The highest BCUT2D eigenvalue weighted by Crippen LogP contribution is 2.25. The van der Waals surface area contributed by atoms with Crippen LogP contribution in [-0.4, -0.2) is 19.4 Å². The number of nitrogens with zero attached hydrogens (tertiary/aromatic N) is 1. The Morgan fingerprint density at radius 2 is 1.95 bits per heavy atom. The van der Waals surface area contributed by atoms with E-state index in [2.05, 4.69) is 4.72 Å². The van der Waals surface area contributed by atoms with Crippen LogP contribution in [0.25, 0.3) is 0 Å². The van der Waals surface area contributed by atoms with Crippen molar-refractivity contribution in [3.8, 4) is 0 Å². The van der Waals surface area contributed by atoms with Crippen LogP contribution >= 0.6 is 0 Å². The van der Waals surface area contributed by atoms with Gasteiger partial charge < -0.3 is 0 Å². The van der Waals surface area contributed by atoms with Gasteiger partial charge in [-0.2, -0.15) is 4.39 Å². The molecule has 0 heterocycles. The van der Waals surface area contributed by atoms with Crippen molar-refractivity contribution < 1.29 is 17.7 Å². The molecule has 0 bridgehead atoms. The highest BCUT2D eigenvalue weighted by Gasteiger charge is 2.26. The minimum Gasteiger partial charge on any atom is -0.258 e. The number of halogens is 1. The summed E-state index contributed by atoms with van der Waals surface area (Å²) in [4.78, 5) is 9.55. The molecule has 1 rings (SSSR count). The van der Waals surface area contributed by atoms with Gasteiger partial charge in [-0.05, 0) is 31.4 Å². The fourth-order valence-corrected chi connectivity index (χ4v) is 3.25. The summed E-state index contributed by atoms with van der Waals surface area (Å²) in [6, 6.07) is 1.51. The molecule has 0 saturated carbocycles. The minimum absolute atomic E-state index is 0.0826. The fraction of sp³-hybridized carbons (Fsp3) is 0.538. The topological polar surface area (TPSA) is 89.3 Å². The first-order valence-electron chi connectivity index (χ1n) is 6.57. The Morgan fingerprint density at radius 1 is 1.38 bits per heavy atom. The molecule has 0 spiro atoms. The van der Waals surface area contributed by atoms with Gasteiger partial charge in [0.25, 0.3) is 0 Å². The second-order valence-corrected chi connectivity index (χ2v) is 6.84. The third kappa shape index (κ3) is 3.98. The lowest BCUT2D eigenvalue weighted by Crippen LogP contribution is -2.36. The van der Waals surface area contributed by atoms with E-state index in [1.54, 1.807) is 6.92 Å². The number of nitro groups is 1. The van der Waals surface area contributed by atoms with E-state index in [0.717, 1.165) is 18.6 Å². The Bertz CT molecular complexity index is 646. The van der Waals surface area contributed by atoms with Gasteiger partial charge in [0, 0.05) is 12.1 Å². The van der Waals surface area contributed by atoms with Gasteiger partial charge in [-0.15, -0.1) is 0 Å². The van der Waals surface area contributed by atoms with Crippen molar-refractivity contribution in [3.63, 3.8) is 0 Å². The highest BCUT2D eigenvalue weighted by molar-refractivity contribution is 7.89. The number of aryl methyl sites for hydroxylation is 1. The van der Waals surface area contributed by atoms with Crippen LogP contribution in [0.3, 0.4) is 0 Å². The molecule has 0 aliphatic carbocycles. The molecule has 0 aromatic heterocycles. The van der Waals surface area contributed by atoms with Crippen molar-refractivity contribution in [2.24, 2.45) is 5.92 Å². The van der Waals surface area contributed by atoms with Gasteiger partial charge in [-0.25, -0.2) is 13.1 Å². The van der Waals surface area contributed by atoms with E-state index in [-0.39, 0.29) is 22.4 Å². The first-order valence-corrected chi connectivity index (χ1v) is 8.05. The van der Waals surface area contributed by atoms with Crippen LogP contribution in [0.2, 0.25) is 0 Å². The molecule has 21 heavy (non-hydrogen) atoms. The maximum atomic E-state index is 13.6. The molecule has 6 nitrogen and oxygen atoms in total. The lowest BCUT2D eigenvalue weighted by atomic mass is 10.0. The van der Waals surface area contributed by atoms with E-state index >= 15 is 0 Å². The lowest BCUT2D eigenvalue weighted by Gasteiger charge is -2.20. The second kappa shape index (κ2) is 6.48. The molecule has 2 atom stereocenters. The third-order valence-corrected chi connectivity index (χ3v) is 5.09. The molecule has 0 saturated heterocycles. The van der Waals surface area contributed by atoms with Crippen LogP contribution < -0.4 is 4.72 Å². The molecule has 1 aromatic rings. The van der Waals surface area contributed by atoms with E-state index < -0.39 is 26.5 Å². The quantitative estimate of drug-likeness (QED) is 0.645. The molecular weight excluding hydrogens is 299 g/mol. The van der Waals surface area contributed by atoms with Gasteiger partial charge in [-0.1, -0.05) is 20.3 Å². The smallest absolute Gasteiger partial charge is 0.258 e. The second-order valence-electron chi connectivity index (χ2n) is 5.13. The predicted octanol–water partition coefficient (Wildman–Crippen LogP) is 2.76. The summed E-state index contributed by atoms with van der Waals surface area (Å²) in [5.74, 6) is -0.912. The average molecular weight is 318 g/mol. The minimum atomic E-state index is -3.93. The van der Waals surface area contributed by atoms with Gasteiger partial charge in [-0.3, -0.25) is 10.1 Å². The Kier molecular flexibility index (Phi) is 5.41. The van der Waals surface area contributed by atoms with Crippen molar-refractivity contribution in [3.05, 3.63) is 33.6 Å². The zero-order chi connectivity index (χ0) is 16.4. The molecule has 118 valence electrons. The Labute approximate surface area is 123 Å². The number of nitrogens with one attached hydrogen (secondary N) is 1. The zero-order valence-electron chi connectivity index (χ0n) is 12.4. The third-order valence-electron chi connectivity index (χ3n) is 3.55. The molecule has 0 aliphatic heterocycles. The van der Waals surface area contributed by atoms with Gasteiger partial charge in [0.15, 0.2) is 0 Å². The first-order chi connectivity index (χ1) is 9.60. The number of benzene rings is 1. The maximum absolute atomic E-state index is 13.6. The molecule has 8 heteroatoms. The van der Waals surface area contributed by atoms with Gasteiger partial charge >= 0.3 is 5.69 Å². The monoisotopic (exact) mass is 318 g/mol. The summed E-state index contributed by atoms with van der Waals surface area (Å²) in [5.41, 5.74) is -0.924. The summed E-state index contributed by atoms with van der Waals surface area (Å²) in [7, 11) is -3.93. The van der Waals surface area contributed by atoms with E-state index in [4.69, 9.17) is 0 Å². The zero-order valence-corrected chi connectivity index (χ0v) is 13.2. The van der Waals surface area contributed by atoms with Crippen molar-refractivity contribution in [2.45, 2.75) is 45.1 Å². The van der Waals surface area contributed by atoms with E-state index in [1.165, 1.54) is 6.92 Å². The van der Waals surface area contributed by atoms with Crippen LogP contribution in [0.4, 0.5) is 10.1 Å². The van der Waals surface area contributed by atoms with Gasteiger partial charge in [0.1, 0.15) is 0 Å². The number of hydrogen-bond acceptors (Lipinski definition) is 4. The van der Waals surface area contributed by atoms with Crippen molar-refractivity contribution in [2.75, 3.05) is 0 Å². The van der Waals surface area contributed by atoms with Crippen LogP contribution in [-0.2, 0) is 10.0 Å². The molecule has 1 aromatic carbocycles. The van der Waals surface area contributed by atoms with Crippen molar-refractivity contribution in [1.29, 1.82) is 0 Å². The van der Waals surface area contributed by atoms with Crippen LogP contribution in [0, 0.1) is 28.8 Å². The number of sulfonamides is 1. The normalized spacial score (nSPS) is 14.7. The number of hydrogen-bond donors (Lipinski definition) is 1. The molecule has 1 N–H and O–H groups in total. The van der Waals surface area contributed by atoms with Crippen LogP contribution in [0.15, 0.2) is 17.0 Å². The molecule has 0 amide bonds. The molecule has 0 fully saturated rings. The summed E-state index contributed by atoms with van der Waals surface area (Å²) in [6.45, 7) is 6.84. The van der Waals surface area contributed by atoms with Crippen LogP contribution in [0.1, 0.15) is 32.8 Å². The molecule has 0 radical (unpaired) electrons. The molecule has 2 unspecified atom stereocenters. The Balaban J connectivity index is 3.24. The molecular formula is C13H19FN2O4S. The van der Waals surface area contributed by atoms with Gasteiger partial charge in [0.05, 0.1) is 9.82 Å². The lowest BCUT2D eigenvalue weighted by molar-refractivity contribution is -0.387. The Hall–Kier alpha value is -1.54. The SMILES string of the molecule is CCC(C)C(C)NS(=O)(=O)c1cc(C)c(F)c([N+](=O)[O-])c1. The van der Waals surface area contributed by atoms with Crippen LogP contribution in [0.5, 0.6) is 0 Å². The fourth-order valence-electron chi connectivity index (χ4n) is 1.79. The first kappa shape index (κ1) is 17.5. The summed E-state index contributed by atoms with van der Waals surface area (Å²) >= 11 is 0. The summed E-state index contributed by atoms with van der Waals surface area (Å²) < 4.78 is 40.6. The predicted molar refractivity (Wildman–Crippen MR) is 77.0 cm³/mol. The average Bonchev–Trinajstić information content (AvgIpc) is 2.39. The van der Waals surface area contributed by atoms with E-state index in [1.807, 2.05) is 13.8 Å². The van der Waals surface area contributed by atoms with Gasteiger partial charge in [0.2, 0.25) is 15.8 Å². The maximum Gasteiger partial charge on any atom is 0.306 e. The van der Waals surface area contributed by atoms with E-state index in [9.17, 15) is 22.9 Å². The standard InChI is InChI=1S/C13H19FN2O4S/c1-5-8(2)10(4)15-21(19,20)11-6-9(3)13(14)12(7-11)16(17)18/h6-8,10,15H,5H2,1-4H3. The number of rotatable bonds is 6. The molecule has 0 aliphatic rings. The summed E-state index contributed by atoms with van der Waals surface area (Å²) in [6.07, 6.45) is 0.784. The van der Waals surface area contributed by atoms with E-state index in [0.29, 0.717) is 0 Å². The van der Waals surface area contributed by atoms with Crippen molar-refractivity contribution >= 4 is 15.7 Å². The Morgan fingerprint density at radius 3 is 2.43 bits per heavy atom. The number of nitro benzene ring substituents is 1. The highest BCUT2D eigenvalue weighted by atomic mass is 32.2. The largest absolute Gasteiger partial charge is 0.306 e. The summed E-state index contributed by atoms with van der Waals surface area (Å²) in [5, 5.41) is 10.8.